The van der Waals surface area contributed by atoms with Crippen LogP contribution in [-0.4, -0.2) is 60.1 Å². The predicted molar refractivity (Wildman–Crippen MR) is 201 cm³/mol. The number of ether oxygens (including phenoxy) is 1. The van der Waals surface area contributed by atoms with Gasteiger partial charge in [0.25, 0.3) is 0 Å². The molecule has 0 unspecified atom stereocenters. The van der Waals surface area contributed by atoms with Crippen LogP contribution in [0.25, 0.3) is 0 Å². The third kappa shape index (κ3) is 17.1. The van der Waals surface area contributed by atoms with Gasteiger partial charge in [0.1, 0.15) is 16.7 Å². The van der Waals surface area contributed by atoms with Gasteiger partial charge in [0.2, 0.25) is 16.4 Å². The summed E-state index contributed by atoms with van der Waals surface area (Å²) in [7, 11) is 0. The third-order valence-corrected chi connectivity index (χ3v) is 8.29. The minimum atomic E-state index is -0.0249. The van der Waals surface area contributed by atoms with Crippen molar-refractivity contribution >= 4 is 78.2 Å². The Morgan fingerprint density at radius 1 is 0.776 bits per heavy atom. The molecule has 0 aliphatic rings. The molecule has 271 valence electrons. The summed E-state index contributed by atoms with van der Waals surface area (Å²) in [5.74, 6) is 0.774. The first kappa shape index (κ1) is 46.8. The first-order valence-corrected chi connectivity index (χ1v) is 17.8. The second kappa shape index (κ2) is 24.9. The molecule has 9 nitrogen and oxygen atoms in total. The summed E-state index contributed by atoms with van der Waals surface area (Å²) in [6, 6.07) is 15.0. The summed E-state index contributed by atoms with van der Waals surface area (Å²) in [6.07, 6.45) is 3.83. The van der Waals surface area contributed by atoms with E-state index >= 15 is 0 Å². The molecule has 2 aromatic heterocycles. The van der Waals surface area contributed by atoms with Crippen molar-refractivity contribution < 1.29 is 36.5 Å². The summed E-state index contributed by atoms with van der Waals surface area (Å²) in [5, 5.41) is 9.76. The van der Waals surface area contributed by atoms with Gasteiger partial charge in [-0.1, -0.05) is 56.6 Å². The van der Waals surface area contributed by atoms with Gasteiger partial charge in [0.15, 0.2) is 11.6 Å². The molecule has 4 rings (SSSR count). The molecule has 0 aliphatic carbocycles. The van der Waals surface area contributed by atoms with Crippen LogP contribution >= 0.6 is 66.7 Å². The minimum absolute atomic E-state index is 0. The fourth-order valence-corrected chi connectivity index (χ4v) is 4.93. The van der Waals surface area contributed by atoms with Gasteiger partial charge in [0, 0.05) is 54.4 Å². The summed E-state index contributed by atoms with van der Waals surface area (Å²) < 4.78 is 6.85. The molecular formula is C34H40Br2Cl3CuN5O4. The molecule has 49 heavy (non-hydrogen) atoms. The molecule has 0 bridgehead atoms. The maximum atomic E-state index is 11.8. The minimum Gasteiger partial charge on any atom is -0.507 e. The Bertz CT molecular complexity index is 1610. The third-order valence-electron chi connectivity index (χ3n) is 6.29. The number of hydrogen-bond acceptors (Lipinski definition) is 9. The zero-order chi connectivity index (χ0) is 36.4. The van der Waals surface area contributed by atoms with Crippen molar-refractivity contribution in [2.24, 2.45) is 0 Å². The summed E-state index contributed by atoms with van der Waals surface area (Å²) >= 11 is 23.0. The molecule has 0 saturated carbocycles. The first-order chi connectivity index (χ1) is 22.7. The average molecular weight is 912 g/mol. The monoisotopic (exact) mass is 908 g/mol. The van der Waals surface area contributed by atoms with Crippen LogP contribution in [0.15, 0.2) is 69.9 Å². The number of Topliss-reactive ketones (excluding diaryl/α,β-unsaturated/α-hetero) is 2. The SMILES string of the molecule is CCC(=O)c1ccccc1O.CCC(=O)c1ccccc1Oc1nc(Cl)ncc1Br.CCN(C(C)C)C(C)C.Clc1ncc(Br)c(Cl)n1.[Cu]. The Kier molecular flexibility index (Phi) is 23.8. The van der Waals surface area contributed by atoms with Crippen molar-refractivity contribution in [3.63, 3.8) is 0 Å². The van der Waals surface area contributed by atoms with E-state index in [0.717, 1.165) is 6.54 Å². The number of benzene rings is 2. The van der Waals surface area contributed by atoms with Gasteiger partial charge in [-0.15, -0.1) is 0 Å². The van der Waals surface area contributed by atoms with E-state index in [-0.39, 0.29) is 50.8 Å². The van der Waals surface area contributed by atoms with Gasteiger partial charge in [-0.05, 0) is 114 Å². The van der Waals surface area contributed by atoms with E-state index in [1.54, 1.807) is 56.3 Å². The van der Waals surface area contributed by atoms with Crippen LogP contribution in [0.4, 0.5) is 0 Å². The molecule has 0 atom stereocenters. The number of hydrogen-bond donors (Lipinski definition) is 1. The van der Waals surface area contributed by atoms with Gasteiger partial charge in [-0.25, -0.2) is 15.0 Å². The van der Waals surface area contributed by atoms with E-state index in [1.807, 2.05) is 0 Å². The van der Waals surface area contributed by atoms with Crippen molar-refractivity contribution in [1.82, 2.24) is 24.8 Å². The molecule has 0 saturated heterocycles. The Morgan fingerprint density at radius 3 is 1.69 bits per heavy atom. The molecular weight excluding hydrogens is 872 g/mol. The van der Waals surface area contributed by atoms with E-state index < -0.39 is 0 Å². The van der Waals surface area contributed by atoms with Crippen molar-refractivity contribution in [1.29, 1.82) is 0 Å². The van der Waals surface area contributed by atoms with Crippen molar-refractivity contribution in [2.45, 2.75) is 73.4 Å². The van der Waals surface area contributed by atoms with Crippen LogP contribution in [0, 0.1) is 0 Å². The van der Waals surface area contributed by atoms with Gasteiger partial charge in [-0.3, -0.25) is 14.5 Å². The number of aromatic nitrogens is 4. The van der Waals surface area contributed by atoms with E-state index in [0.29, 0.717) is 55.9 Å². The molecule has 2 heterocycles. The number of aromatic hydroxyl groups is 1. The van der Waals surface area contributed by atoms with Crippen LogP contribution in [0.5, 0.6) is 17.4 Å². The molecule has 0 fully saturated rings. The van der Waals surface area contributed by atoms with Crippen LogP contribution in [0.2, 0.25) is 15.7 Å². The van der Waals surface area contributed by atoms with Crippen LogP contribution in [0.3, 0.4) is 0 Å². The second-order valence-corrected chi connectivity index (χ2v) is 13.0. The van der Waals surface area contributed by atoms with E-state index in [9.17, 15) is 14.7 Å². The number of carbonyl (C=O) groups excluding carboxylic acids is 2. The smallest absolute Gasteiger partial charge is 0.238 e. The van der Waals surface area contributed by atoms with Crippen molar-refractivity contribution in [3.05, 3.63) is 96.7 Å². The number of phenolic OH excluding ortho intramolecular Hbond substituents is 1. The molecule has 15 heteroatoms. The predicted octanol–water partition coefficient (Wildman–Crippen LogP) is 10.9. The molecule has 4 aromatic rings. The Morgan fingerprint density at radius 2 is 1.24 bits per heavy atom. The van der Waals surface area contributed by atoms with Gasteiger partial charge < -0.3 is 9.84 Å². The van der Waals surface area contributed by atoms with Crippen LogP contribution in [0.1, 0.15) is 82.0 Å². The van der Waals surface area contributed by atoms with Gasteiger partial charge in [-0.2, -0.15) is 4.98 Å². The normalized spacial score (nSPS) is 10.1. The van der Waals surface area contributed by atoms with E-state index in [4.69, 9.17) is 39.5 Å². The average Bonchev–Trinajstić information content (AvgIpc) is 3.05. The van der Waals surface area contributed by atoms with E-state index in [1.165, 1.54) is 18.5 Å². The second-order valence-electron chi connectivity index (χ2n) is 10.3. The van der Waals surface area contributed by atoms with E-state index in [2.05, 4.69) is 91.3 Å². The number of para-hydroxylation sites is 2. The molecule has 1 radical (unpaired) electrons. The number of phenols is 1. The summed E-state index contributed by atoms with van der Waals surface area (Å²) in [4.78, 5) is 40.5. The molecule has 2 aromatic carbocycles. The number of carbonyl (C=O) groups is 2. The first-order valence-electron chi connectivity index (χ1n) is 15.0. The maximum absolute atomic E-state index is 11.8. The largest absolute Gasteiger partial charge is 0.507 e. The molecule has 1 N–H and O–H groups in total. The quantitative estimate of drug-likeness (QED) is 0.0758. The summed E-state index contributed by atoms with van der Waals surface area (Å²) in [6.45, 7) is 15.9. The fraction of sp³-hybridized carbons (Fsp3) is 0.353. The number of nitrogens with zero attached hydrogens (tertiary/aromatic N) is 5. The Balaban J connectivity index is 0.000000663. The maximum Gasteiger partial charge on any atom is 0.238 e. The van der Waals surface area contributed by atoms with Crippen LogP contribution in [-0.2, 0) is 17.1 Å². The number of rotatable bonds is 9. The zero-order valence-electron chi connectivity index (χ0n) is 28.1. The van der Waals surface area contributed by atoms with Gasteiger partial charge in [0.05, 0.1) is 20.1 Å². The number of halogens is 5. The van der Waals surface area contributed by atoms with Crippen molar-refractivity contribution in [3.8, 4) is 17.4 Å². The fourth-order valence-electron chi connectivity index (χ4n) is 4.04. The van der Waals surface area contributed by atoms with Crippen LogP contribution < -0.4 is 4.74 Å². The molecule has 0 amide bonds. The zero-order valence-corrected chi connectivity index (χ0v) is 34.5. The standard InChI is InChI=1S/C13H10BrClN2O2.C9H10O2.C8H19N.C4HBrCl2N2.Cu/c1-2-10(18)8-5-3-4-6-11(8)19-12-9(14)7-16-13(15)17-12;1-2-8(10)7-5-3-4-6-9(7)11;1-6-9(7(2)3)8(4)5;5-2-1-8-4(7)9-3(2)6;/h3-7H,2H2,1H3;3-6,11H,2H2,1H3;7-8H,6H2,1-5H3;1H;. The molecule has 0 aliphatic heterocycles. The van der Waals surface area contributed by atoms with Crippen molar-refractivity contribution in [2.75, 3.05) is 6.54 Å². The van der Waals surface area contributed by atoms with Gasteiger partial charge >= 0.3 is 0 Å². The number of ketones is 2. The summed E-state index contributed by atoms with van der Waals surface area (Å²) in [5.41, 5.74) is 0.932. The Labute approximate surface area is 331 Å². The molecule has 0 spiro atoms. The topological polar surface area (TPSA) is 118 Å². The Hall–Kier alpha value is -2.15.